The maximum Gasteiger partial charge on any atom is 0.214 e. The molecule has 0 spiro atoms. The van der Waals surface area contributed by atoms with Gasteiger partial charge in [-0.2, -0.15) is 4.68 Å². The smallest absolute Gasteiger partial charge is 0.214 e. The Balaban J connectivity index is 1.74. The second-order valence-electron chi connectivity index (χ2n) is 4.16. The third kappa shape index (κ3) is 3.33. The number of thiophene rings is 1. The molecule has 0 atom stereocenters. The van der Waals surface area contributed by atoms with Crippen LogP contribution < -0.4 is 0 Å². The van der Waals surface area contributed by atoms with Gasteiger partial charge >= 0.3 is 0 Å². The second-order valence-corrected chi connectivity index (χ2v) is 7.39. The van der Waals surface area contributed by atoms with Crippen LogP contribution in [0.25, 0.3) is 5.69 Å². The van der Waals surface area contributed by atoms with Gasteiger partial charge in [0.05, 0.1) is 15.8 Å². The zero-order valence-electron chi connectivity index (χ0n) is 10.9. The van der Waals surface area contributed by atoms with Gasteiger partial charge in [0.15, 0.2) is 5.78 Å². The number of halogens is 2. The normalized spacial score (nSPS) is 10.8. The van der Waals surface area contributed by atoms with E-state index >= 15 is 0 Å². The van der Waals surface area contributed by atoms with Crippen molar-refractivity contribution in [3.05, 3.63) is 50.6 Å². The Labute approximate surface area is 144 Å². The van der Waals surface area contributed by atoms with E-state index < -0.39 is 0 Å². The zero-order chi connectivity index (χ0) is 15.5. The topological polar surface area (TPSA) is 60.7 Å². The van der Waals surface area contributed by atoms with Crippen LogP contribution in [0.1, 0.15) is 10.4 Å². The summed E-state index contributed by atoms with van der Waals surface area (Å²) < 4.78 is 2.48. The van der Waals surface area contributed by atoms with Crippen molar-refractivity contribution in [2.45, 2.75) is 5.16 Å². The highest BCUT2D eigenvalue weighted by Crippen LogP contribution is 2.32. The summed E-state index contributed by atoms with van der Waals surface area (Å²) in [4.78, 5) is 12.2. The predicted octanol–water partition coefficient (Wildman–Crippen LogP) is 4.01. The third-order valence-corrected chi connectivity index (χ3v) is 5.14. The monoisotopic (exact) mass is 370 g/mol. The Morgan fingerprint density at radius 2 is 2.05 bits per heavy atom. The average Bonchev–Trinajstić information content (AvgIpc) is 3.12. The van der Waals surface area contributed by atoms with Crippen LogP contribution in [-0.2, 0) is 0 Å². The summed E-state index contributed by atoms with van der Waals surface area (Å²) in [5.74, 6) is 0.0701. The van der Waals surface area contributed by atoms with Gasteiger partial charge in [-0.15, -0.1) is 16.4 Å². The fourth-order valence-corrected chi connectivity index (χ4v) is 4.01. The number of para-hydroxylation sites is 1. The van der Waals surface area contributed by atoms with Gasteiger partial charge in [0.1, 0.15) is 4.34 Å². The Morgan fingerprint density at radius 1 is 1.27 bits per heavy atom. The lowest BCUT2D eigenvalue weighted by Gasteiger charge is -2.03. The van der Waals surface area contributed by atoms with Gasteiger partial charge in [0.25, 0.3) is 0 Å². The van der Waals surface area contributed by atoms with Crippen molar-refractivity contribution in [1.29, 1.82) is 0 Å². The molecule has 2 heterocycles. The van der Waals surface area contributed by atoms with Gasteiger partial charge in [-0.3, -0.25) is 4.79 Å². The molecule has 0 unspecified atom stereocenters. The van der Waals surface area contributed by atoms with Gasteiger partial charge in [-0.1, -0.05) is 53.2 Å². The summed E-state index contributed by atoms with van der Waals surface area (Å²) >= 11 is 14.3. The Kier molecular flexibility index (Phi) is 4.77. The molecule has 0 N–H and O–H groups in total. The highest BCUT2D eigenvalue weighted by molar-refractivity contribution is 7.99. The molecule has 5 nitrogen and oxygen atoms in total. The predicted molar refractivity (Wildman–Crippen MR) is 88.5 cm³/mol. The van der Waals surface area contributed by atoms with Crippen molar-refractivity contribution in [2.24, 2.45) is 0 Å². The van der Waals surface area contributed by atoms with Crippen LogP contribution in [0.2, 0.25) is 8.67 Å². The molecule has 9 heteroatoms. The van der Waals surface area contributed by atoms with E-state index in [0.717, 1.165) is 5.69 Å². The number of thioether (sulfide) groups is 1. The van der Waals surface area contributed by atoms with E-state index in [-0.39, 0.29) is 11.5 Å². The highest BCUT2D eigenvalue weighted by Gasteiger charge is 2.17. The number of ketones is 1. The molecule has 0 aliphatic rings. The summed E-state index contributed by atoms with van der Waals surface area (Å²) in [5, 5.41) is 12.1. The van der Waals surface area contributed by atoms with Crippen molar-refractivity contribution in [1.82, 2.24) is 20.2 Å². The summed E-state index contributed by atoms with van der Waals surface area (Å²) in [6.45, 7) is 0. The van der Waals surface area contributed by atoms with Gasteiger partial charge in [-0.25, -0.2) is 0 Å². The van der Waals surface area contributed by atoms with E-state index in [2.05, 4.69) is 15.5 Å². The molecule has 0 aliphatic carbocycles. The number of benzene rings is 1. The number of hydrogen-bond donors (Lipinski definition) is 0. The lowest BCUT2D eigenvalue weighted by atomic mass is 10.2. The maximum atomic E-state index is 12.2. The molecule has 0 saturated heterocycles. The van der Waals surface area contributed by atoms with E-state index in [1.54, 1.807) is 10.7 Å². The fourth-order valence-electron chi connectivity index (χ4n) is 1.74. The largest absolute Gasteiger partial charge is 0.293 e. The minimum Gasteiger partial charge on any atom is -0.293 e. The Bertz CT molecular complexity index is 803. The molecule has 0 bridgehead atoms. The number of hydrogen-bond acceptors (Lipinski definition) is 6. The number of nitrogens with zero attached hydrogens (tertiary/aromatic N) is 4. The lowest BCUT2D eigenvalue weighted by molar-refractivity contribution is 0.102. The Hall–Kier alpha value is -1.41. The molecule has 0 saturated carbocycles. The lowest BCUT2D eigenvalue weighted by Crippen LogP contribution is -2.04. The van der Waals surface area contributed by atoms with Crippen LogP contribution in [0, 0.1) is 0 Å². The average molecular weight is 371 g/mol. The Morgan fingerprint density at radius 3 is 2.73 bits per heavy atom. The molecular formula is C13H8Cl2N4OS2. The number of carbonyl (C=O) groups is 1. The molecule has 2 aromatic heterocycles. The van der Waals surface area contributed by atoms with Gasteiger partial charge in [0, 0.05) is 5.56 Å². The molecule has 0 radical (unpaired) electrons. The summed E-state index contributed by atoms with van der Waals surface area (Å²) in [6, 6.07) is 11.0. The van der Waals surface area contributed by atoms with E-state index in [4.69, 9.17) is 23.2 Å². The second kappa shape index (κ2) is 6.78. The zero-order valence-corrected chi connectivity index (χ0v) is 14.1. The van der Waals surface area contributed by atoms with Crippen molar-refractivity contribution in [3.63, 3.8) is 0 Å². The number of carbonyl (C=O) groups excluding carboxylic acids is 1. The number of Topliss-reactive ketones (excluding diaryl/α,β-unsaturated/α-hetero) is 1. The van der Waals surface area contributed by atoms with E-state index in [9.17, 15) is 4.79 Å². The van der Waals surface area contributed by atoms with Crippen LogP contribution in [0.15, 0.2) is 41.6 Å². The maximum absolute atomic E-state index is 12.2. The van der Waals surface area contributed by atoms with E-state index in [1.165, 1.54) is 23.1 Å². The van der Waals surface area contributed by atoms with Crippen molar-refractivity contribution < 1.29 is 4.79 Å². The molecule has 112 valence electrons. The van der Waals surface area contributed by atoms with Crippen molar-refractivity contribution in [2.75, 3.05) is 5.75 Å². The van der Waals surface area contributed by atoms with Crippen LogP contribution in [0.4, 0.5) is 0 Å². The molecule has 0 aliphatic heterocycles. The van der Waals surface area contributed by atoms with Crippen LogP contribution in [0.5, 0.6) is 0 Å². The standard InChI is InChI=1S/C13H8Cl2N4OS2/c14-11-6-9(12(15)22-11)10(20)7-21-13-16-17-18-19(13)8-4-2-1-3-5-8/h1-6H,7H2. The minimum absolute atomic E-state index is 0.110. The van der Waals surface area contributed by atoms with Crippen molar-refractivity contribution >= 4 is 52.1 Å². The molecule has 3 rings (SSSR count). The van der Waals surface area contributed by atoms with E-state index in [0.29, 0.717) is 19.4 Å². The molecule has 1 aromatic carbocycles. The molecule has 3 aromatic rings. The van der Waals surface area contributed by atoms with Gasteiger partial charge < -0.3 is 0 Å². The third-order valence-electron chi connectivity index (χ3n) is 2.73. The quantitative estimate of drug-likeness (QED) is 0.501. The summed E-state index contributed by atoms with van der Waals surface area (Å²) in [7, 11) is 0. The molecular weight excluding hydrogens is 363 g/mol. The first-order valence-corrected chi connectivity index (χ1v) is 8.65. The van der Waals surface area contributed by atoms with Gasteiger partial charge in [-0.05, 0) is 28.6 Å². The minimum atomic E-state index is -0.110. The summed E-state index contributed by atoms with van der Waals surface area (Å²) in [6.07, 6.45) is 0. The van der Waals surface area contributed by atoms with Crippen LogP contribution in [-0.4, -0.2) is 31.7 Å². The number of tetrazole rings is 1. The van der Waals surface area contributed by atoms with Crippen molar-refractivity contribution in [3.8, 4) is 5.69 Å². The molecule has 22 heavy (non-hydrogen) atoms. The summed E-state index contributed by atoms with van der Waals surface area (Å²) in [5.41, 5.74) is 1.27. The van der Waals surface area contributed by atoms with E-state index in [1.807, 2.05) is 30.3 Å². The molecule has 0 amide bonds. The SMILES string of the molecule is O=C(CSc1nnnn1-c1ccccc1)c1cc(Cl)sc1Cl. The highest BCUT2D eigenvalue weighted by atomic mass is 35.5. The number of aromatic nitrogens is 4. The number of rotatable bonds is 5. The van der Waals surface area contributed by atoms with Gasteiger partial charge in [0.2, 0.25) is 5.16 Å². The first kappa shape index (κ1) is 15.5. The van der Waals surface area contributed by atoms with Crippen LogP contribution >= 0.6 is 46.3 Å². The molecule has 0 fully saturated rings. The first-order chi connectivity index (χ1) is 10.6. The fraction of sp³-hybridized carbons (Fsp3) is 0.0769. The van der Waals surface area contributed by atoms with Crippen LogP contribution in [0.3, 0.4) is 0 Å². The first-order valence-electron chi connectivity index (χ1n) is 6.10.